The number of ether oxygens (including phenoxy) is 1. The number of benzene rings is 1. The Hall–Kier alpha value is -3.85. The summed E-state index contributed by atoms with van der Waals surface area (Å²) in [5, 5.41) is 5.75. The molecule has 0 bridgehead atoms. The van der Waals surface area contributed by atoms with Crippen LogP contribution >= 0.6 is 11.3 Å². The number of anilines is 3. The van der Waals surface area contributed by atoms with Crippen LogP contribution in [0.4, 0.5) is 22.0 Å². The average molecular weight is 585 g/mol. The Morgan fingerprint density at radius 2 is 1.85 bits per heavy atom. The minimum absolute atomic E-state index is 0.0203. The molecule has 2 aliphatic rings. The Morgan fingerprint density at radius 3 is 2.55 bits per heavy atom. The van der Waals surface area contributed by atoms with Crippen LogP contribution in [-0.2, 0) is 26.0 Å². The predicted molar refractivity (Wildman–Crippen MR) is 150 cm³/mol. The van der Waals surface area contributed by atoms with Crippen molar-refractivity contribution < 1.29 is 27.5 Å². The number of thiophene rings is 1. The minimum Gasteiger partial charge on any atom is -0.384 e. The molecule has 3 aromatic rings. The molecule has 5 rings (SSSR count). The maximum atomic E-state index is 13.2. The molecule has 4 heterocycles. The maximum Gasteiger partial charge on any atom is 0.333 e. The van der Waals surface area contributed by atoms with Crippen molar-refractivity contribution in [2.45, 2.75) is 17.6 Å². The average Bonchev–Trinajstić information content (AvgIpc) is 3.37. The minimum atomic E-state index is -4.01. The number of imide groups is 1. The fraction of sp³-hybridized carbons (Fsp3) is 0.308. The van der Waals surface area contributed by atoms with Crippen LogP contribution in [0.3, 0.4) is 0 Å². The zero-order valence-corrected chi connectivity index (χ0v) is 23.3. The SMILES string of the molecule is Cc1ccc(S(=O)(=O)NC(=O)Nc2ccc(N3C(=O)Cc4cc(NCCN5CCOCC5)ccc4C3=O)nc2)s1. The molecule has 0 atom stereocenters. The summed E-state index contributed by atoms with van der Waals surface area (Å²) >= 11 is 1.04. The molecule has 210 valence electrons. The number of urea groups is 1. The van der Waals surface area contributed by atoms with Crippen molar-refractivity contribution in [2.24, 2.45) is 0 Å². The van der Waals surface area contributed by atoms with E-state index >= 15 is 0 Å². The lowest BCUT2D eigenvalue weighted by atomic mass is 9.97. The van der Waals surface area contributed by atoms with Gasteiger partial charge in [0.2, 0.25) is 5.91 Å². The zero-order valence-electron chi connectivity index (χ0n) is 21.7. The molecule has 0 unspecified atom stereocenters. The van der Waals surface area contributed by atoms with E-state index in [-0.39, 0.29) is 22.1 Å². The smallest absolute Gasteiger partial charge is 0.333 e. The summed E-state index contributed by atoms with van der Waals surface area (Å²) in [5.74, 6) is -0.818. The van der Waals surface area contributed by atoms with Gasteiger partial charge in [-0.2, -0.15) is 0 Å². The molecule has 0 radical (unpaired) electrons. The van der Waals surface area contributed by atoms with Gasteiger partial charge in [0.25, 0.3) is 15.9 Å². The summed E-state index contributed by atoms with van der Waals surface area (Å²) in [7, 11) is -4.01. The van der Waals surface area contributed by atoms with E-state index in [0.717, 1.165) is 66.2 Å². The molecule has 0 saturated carbocycles. The van der Waals surface area contributed by atoms with Gasteiger partial charge in [-0.15, -0.1) is 11.3 Å². The second-order valence-corrected chi connectivity index (χ2v) is 12.5. The number of morpholine rings is 1. The van der Waals surface area contributed by atoms with E-state index in [9.17, 15) is 22.8 Å². The molecule has 2 aromatic heterocycles. The van der Waals surface area contributed by atoms with Crippen molar-refractivity contribution >= 4 is 56.4 Å². The fourth-order valence-electron chi connectivity index (χ4n) is 4.43. The largest absolute Gasteiger partial charge is 0.384 e. The molecule has 12 nitrogen and oxygen atoms in total. The van der Waals surface area contributed by atoms with E-state index in [1.165, 1.54) is 24.4 Å². The summed E-state index contributed by atoms with van der Waals surface area (Å²) in [6.07, 6.45) is 1.28. The van der Waals surface area contributed by atoms with Crippen LogP contribution < -0.4 is 20.3 Å². The first-order valence-corrected chi connectivity index (χ1v) is 14.9. The fourth-order valence-corrected chi connectivity index (χ4v) is 6.62. The first kappa shape index (κ1) is 27.7. The Balaban J connectivity index is 1.20. The Bertz CT molecular complexity index is 1530. The second kappa shape index (κ2) is 11.7. The summed E-state index contributed by atoms with van der Waals surface area (Å²) in [4.78, 5) is 46.7. The van der Waals surface area contributed by atoms with E-state index in [2.05, 4.69) is 20.5 Å². The number of aryl methyl sites for hydroxylation is 1. The zero-order chi connectivity index (χ0) is 28.3. The lowest BCUT2D eigenvalue weighted by Crippen LogP contribution is -2.43. The number of carbonyl (C=O) groups excluding carboxylic acids is 3. The number of pyridine rings is 1. The third-order valence-corrected chi connectivity index (χ3v) is 9.26. The number of hydrogen-bond donors (Lipinski definition) is 3. The number of nitrogens with one attached hydrogen (secondary N) is 3. The first-order chi connectivity index (χ1) is 19.2. The molecule has 3 N–H and O–H groups in total. The third-order valence-electron chi connectivity index (χ3n) is 6.43. The molecular weight excluding hydrogens is 556 g/mol. The highest BCUT2D eigenvalue weighted by Gasteiger charge is 2.33. The van der Waals surface area contributed by atoms with E-state index in [1.807, 2.05) is 16.9 Å². The molecular formula is C26H28N6O6S2. The topological polar surface area (TPSA) is 150 Å². The summed E-state index contributed by atoms with van der Waals surface area (Å²) in [6, 6.07) is 10.3. The van der Waals surface area contributed by atoms with Crippen molar-refractivity contribution in [1.29, 1.82) is 0 Å². The quantitative estimate of drug-likeness (QED) is 0.339. The van der Waals surface area contributed by atoms with Crippen LogP contribution in [0.5, 0.6) is 0 Å². The van der Waals surface area contributed by atoms with Crippen LogP contribution in [0.2, 0.25) is 0 Å². The Labute approximate surface area is 235 Å². The van der Waals surface area contributed by atoms with Gasteiger partial charge in [0.05, 0.1) is 31.5 Å². The van der Waals surface area contributed by atoms with Crippen molar-refractivity contribution in [2.75, 3.05) is 54.9 Å². The van der Waals surface area contributed by atoms with Crippen LogP contribution in [0, 0.1) is 6.92 Å². The molecule has 1 aromatic carbocycles. The number of carbonyl (C=O) groups is 3. The van der Waals surface area contributed by atoms with Gasteiger partial charge >= 0.3 is 6.03 Å². The first-order valence-electron chi connectivity index (χ1n) is 12.6. The standard InChI is InChI=1S/C26H28N6O6S2/c1-17-2-7-24(39-17)40(36,37)30-26(35)29-20-4-6-22(28-16-20)32-23(33)15-18-14-19(3-5-21(18)25(32)34)27-8-9-31-10-12-38-13-11-31/h2-7,14,16,27H,8-13,15H2,1H3,(H2,29,30,35). The number of nitrogens with zero attached hydrogens (tertiary/aromatic N) is 3. The van der Waals surface area contributed by atoms with Gasteiger partial charge in [-0.1, -0.05) is 0 Å². The van der Waals surface area contributed by atoms with E-state index < -0.39 is 27.9 Å². The van der Waals surface area contributed by atoms with Crippen molar-refractivity contribution in [3.05, 3.63) is 64.7 Å². The van der Waals surface area contributed by atoms with Gasteiger partial charge in [-0.3, -0.25) is 14.5 Å². The summed E-state index contributed by atoms with van der Waals surface area (Å²) in [5.41, 5.74) is 2.07. The number of sulfonamides is 1. The maximum absolute atomic E-state index is 13.2. The molecule has 14 heteroatoms. The normalized spacial score (nSPS) is 16.0. The number of rotatable bonds is 8. The third kappa shape index (κ3) is 6.31. The monoisotopic (exact) mass is 584 g/mol. The van der Waals surface area contributed by atoms with E-state index in [1.54, 1.807) is 19.1 Å². The van der Waals surface area contributed by atoms with Crippen LogP contribution in [0.1, 0.15) is 20.8 Å². The Kier molecular flexibility index (Phi) is 8.12. The van der Waals surface area contributed by atoms with Crippen LogP contribution in [0.15, 0.2) is 52.9 Å². The summed E-state index contributed by atoms with van der Waals surface area (Å²) < 4.78 is 32.0. The number of aromatic nitrogens is 1. The van der Waals surface area contributed by atoms with Gasteiger partial charge in [0.15, 0.2) is 0 Å². The highest BCUT2D eigenvalue weighted by Crippen LogP contribution is 2.27. The van der Waals surface area contributed by atoms with Crippen molar-refractivity contribution in [3.8, 4) is 0 Å². The van der Waals surface area contributed by atoms with Gasteiger partial charge in [0, 0.05) is 42.3 Å². The molecule has 2 aliphatic heterocycles. The second-order valence-electron chi connectivity index (χ2n) is 9.29. The molecule has 0 aliphatic carbocycles. The molecule has 1 fully saturated rings. The van der Waals surface area contributed by atoms with E-state index in [4.69, 9.17) is 4.74 Å². The van der Waals surface area contributed by atoms with Gasteiger partial charge in [-0.25, -0.2) is 27.8 Å². The molecule has 4 amide bonds. The van der Waals surface area contributed by atoms with Gasteiger partial charge < -0.3 is 15.4 Å². The number of fused-ring (bicyclic) bond motifs is 1. The molecule has 1 saturated heterocycles. The highest BCUT2D eigenvalue weighted by molar-refractivity contribution is 7.92. The van der Waals surface area contributed by atoms with Gasteiger partial charge in [-0.05, 0) is 55.0 Å². The van der Waals surface area contributed by atoms with Crippen LogP contribution in [-0.4, -0.2) is 75.5 Å². The van der Waals surface area contributed by atoms with Gasteiger partial charge in [0.1, 0.15) is 10.0 Å². The number of hydrogen-bond acceptors (Lipinski definition) is 10. The van der Waals surface area contributed by atoms with Crippen molar-refractivity contribution in [1.82, 2.24) is 14.6 Å². The number of amides is 4. The molecule has 40 heavy (non-hydrogen) atoms. The van der Waals surface area contributed by atoms with Crippen LogP contribution in [0.25, 0.3) is 0 Å². The summed E-state index contributed by atoms with van der Waals surface area (Å²) in [6.45, 7) is 6.65. The molecule has 0 spiro atoms. The lowest BCUT2D eigenvalue weighted by molar-refractivity contribution is -0.117. The van der Waals surface area contributed by atoms with Crippen molar-refractivity contribution in [3.63, 3.8) is 0 Å². The highest BCUT2D eigenvalue weighted by atomic mass is 32.2. The Morgan fingerprint density at radius 1 is 1.07 bits per heavy atom. The van der Waals surface area contributed by atoms with E-state index in [0.29, 0.717) is 11.1 Å². The predicted octanol–water partition coefficient (Wildman–Crippen LogP) is 2.44. The lowest BCUT2D eigenvalue weighted by Gasteiger charge is -2.27.